The average molecular weight is 219 g/mol. The summed E-state index contributed by atoms with van der Waals surface area (Å²) in [5.74, 6) is 0. The van der Waals surface area contributed by atoms with Gasteiger partial charge in [0.1, 0.15) is 0 Å². The number of benzene rings is 1. The molecule has 1 unspecified atom stereocenters. The Morgan fingerprint density at radius 1 is 1.15 bits per heavy atom. The van der Waals surface area contributed by atoms with Crippen LogP contribution in [0.25, 0.3) is 0 Å². The number of hydrogen-bond donors (Lipinski definition) is 2. The van der Waals surface area contributed by atoms with Gasteiger partial charge in [0.25, 0.3) is 0 Å². The van der Waals surface area contributed by atoms with Crippen LogP contribution in [0.1, 0.15) is 5.56 Å². The molecule has 0 spiro atoms. The molecule has 0 saturated heterocycles. The van der Waals surface area contributed by atoms with Gasteiger partial charge in [-0.15, -0.1) is 0 Å². The molecule has 0 radical (unpaired) electrons. The van der Waals surface area contributed by atoms with Crippen LogP contribution in [0.5, 0.6) is 0 Å². The summed E-state index contributed by atoms with van der Waals surface area (Å²) in [4.78, 5) is 0. The summed E-state index contributed by atoms with van der Waals surface area (Å²) in [5, 5.41) is 1.26. The van der Waals surface area contributed by atoms with Gasteiger partial charge in [-0.1, -0.05) is 23.2 Å². The Morgan fingerprint density at radius 2 is 1.69 bits per heavy atom. The highest BCUT2D eigenvalue weighted by molar-refractivity contribution is 6.34. The molecule has 13 heavy (non-hydrogen) atoms. The molecule has 0 bridgehead atoms. The van der Waals surface area contributed by atoms with Crippen molar-refractivity contribution in [3.05, 3.63) is 33.8 Å². The fourth-order valence-electron chi connectivity index (χ4n) is 1.11. The summed E-state index contributed by atoms with van der Waals surface area (Å²) in [5.41, 5.74) is 12.1. The van der Waals surface area contributed by atoms with E-state index in [4.69, 9.17) is 34.7 Å². The monoisotopic (exact) mass is 218 g/mol. The van der Waals surface area contributed by atoms with Gasteiger partial charge < -0.3 is 11.5 Å². The summed E-state index contributed by atoms with van der Waals surface area (Å²) in [6.45, 7) is 0.462. The summed E-state index contributed by atoms with van der Waals surface area (Å²) in [7, 11) is 0. The Hall–Kier alpha value is -0.280. The third-order valence-corrected chi connectivity index (χ3v) is 2.16. The first-order valence-electron chi connectivity index (χ1n) is 4.02. The topological polar surface area (TPSA) is 52.0 Å². The van der Waals surface area contributed by atoms with Crippen LogP contribution in [0.15, 0.2) is 18.2 Å². The maximum absolute atomic E-state index is 5.82. The van der Waals surface area contributed by atoms with Gasteiger partial charge in [0, 0.05) is 22.6 Å². The SMILES string of the molecule is NCC(N)Cc1cc(Cl)cc(Cl)c1. The standard InChI is InChI=1S/C9H12Cl2N2/c10-7-1-6(2-8(11)4-7)3-9(13)5-12/h1-2,4,9H,3,5,12-13H2. The Morgan fingerprint density at radius 3 is 2.15 bits per heavy atom. The quantitative estimate of drug-likeness (QED) is 0.814. The number of nitrogens with two attached hydrogens (primary N) is 2. The molecule has 2 nitrogen and oxygen atoms in total. The molecule has 0 fully saturated rings. The summed E-state index contributed by atoms with van der Waals surface area (Å²) in [6, 6.07) is 5.36. The largest absolute Gasteiger partial charge is 0.329 e. The summed E-state index contributed by atoms with van der Waals surface area (Å²) in [6.07, 6.45) is 0.705. The third-order valence-electron chi connectivity index (χ3n) is 1.72. The molecule has 0 aromatic heterocycles. The van der Waals surface area contributed by atoms with Crippen molar-refractivity contribution in [1.29, 1.82) is 0 Å². The molecule has 1 rings (SSSR count). The van der Waals surface area contributed by atoms with E-state index < -0.39 is 0 Å². The second kappa shape index (κ2) is 4.82. The zero-order valence-corrected chi connectivity index (χ0v) is 8.65. The van der Waals surface area contributed by atoms with E-state index in [2.05, 4.69) is 0 Å². The first kappa shape index (κ1) is 10.8. The summed E-state index contributed by atoms with van der Waals surface area (Å²) >= 11 is 11.6. The zero-order chi connectivity index (χ0) is 9.84. The Balaban J connectivity index is 2.77. The van der Waals surface area contributed by atoms with E-state index in [0.29, 0.717) is 23.0 Å². The average Bonchev–Trinajstić information content (AvgIpc) is 2.02. The van der Waals surface area contributed by atoms with Crippen molar-refractivity contribution < 1.29 is 0 Å². The third kappa shape index (κ3) is 3.53. The molecule has 0 aliphatic heterocycles. The molecule has 1 aromatic carbocycles. The van der Waals surface area contributed by atoms with Crippen molar-refractivity contribution >= 4 is 23.2 Å². The van der Waals surface area contributed by atoms with Gasteiger partial charge in [0.2, 0.25) is 0 Å². The minimum Gasteiger partial charge on any atom is -0.329 e. The van der Waals surface area contributed by atoms with Gasteiger partial charge >= 0.3 is 0 Å². The van der Waals surface area contributed by atoms with Crippen LogP contribution in [0.3, 0.4) is 0 Å². The number of hydrogen-bond acceptors (Lipinski definition) is 2. The molecule has 4 N–H and O–H groups in total. The van der Waals surface area contributed by atoms with Crippen LogP contribution in [0.2, 0.25) is 10.0 Å². The minimum absolute atomic E-state index is 0.0328. The van der Waals surface area contributed by atoms with Crippen LogP contribution < -0.4 is 11.5 Å². The highest BCUT2D eigenvalue weighted by Gasteiger charge is 2.03. The molecule has 0 aliphatic rings. The van der Waals surface area contributed by atoms with Gasteiger partial charge in [-0.3, -0.25) is 0 Å². The Labute approximate surface area is 87.8 Å². The van der Waals surface area contributed by atoms with Crippen LogP contribution in [-0.4, -0.2) is 12.6 Å². The zero-order valence-electron chi connectivity index (χ0n) is 7.13. The number of rotatable bonds is 3. The van der Waals surface area contributed by atoms with E-state index in [9.17, 15) is 0 Å². The van der Waals surface area contributed by atoms with Gasteiger partial charge in [0.05, 0.1) is 0 Å². The minimum atomic E-state index is -0.0328. The van der Waals surface area contributed by atoms with Crippen LogP contribution in [0, 0.1) is 0 Å². The molecule has 72 valence electrons. The maximum atomic E-state index is 5.82. The van der Waals surface area contributed by atoms with Crippen molar-refractivity contribution in [2.75, 3.05) is 6.54 Å². The lowest BCUT2D eigenvalue weighted by molar-refractivity contribution is 0.679. The van der Waals surface area contributed by atoms with Gasteiger partial charge in [-0.25, -0.2) is 0 Å². The molecule has 0 saturated carbocycles. The number of halogens is 2. The normalized spacial score (nSPS) is 12.9. The van der Waals surface area contributed by atoms with Gasteiger partial charge in [-0.05, 0) is 30.2 Å². The predicted molar refractivity (Wildman–Crippen MR) is 57.2 cm³/mol. The Kier molecular flexibility index (Phi) is 4.00. The van der Waals surface area contributed by atoms with Crippen LogP contribution in [0.4, 0.5) is 0 Å². The van der Waals surface area contributed by atoms with Crippen molar-refractivity contribution in [2.45, 2.75) is 12.5 Å². The fourth-order valence-corrected chi connectivity index (χ4v) is 1.69. The molecule has 1 aromatic rings. The molecular formula is C9H12Cl2N2. The molecule has 0 aliphatic carbocycles. The van der Waals surface area contributed by atoms with Crippen LogP contribution >= 0.6 is 23.2 Å². The highest BCUT2D eigenvalue weighted by atomic mass is 35.5. The van der Waals surface area contributed by atoms with E-state index in [-0.39, 0.29) is 6.04 Å². The Bertz CT molecular complexity index is 269. The lowest BCUT2D eigenvalue weighted by Gasteiger charge is -2.08. The van der Waals surface area contributed by atoms with E-state index in [1.54, 1.807) is 6.07 Å². The van der Waals surface area contributed by atoms with Crippen molar-refractivity contribution in [2.24, 2.45) is 11.5 Å². The molecular weight excluding hydrogens is 207 g/mol. The molecule has 0 heterocycles. The van der Waals surface area contributed by atoms with E-state index >= 15 is 0 Å². The van der Waals surface area contributed by atoms with E-state index in [1.165, 1.54) is 0 Å². The first-order valence-corrected chi connectivity index (χ1v) is 4.78. The van der Waals surface area contributed by atoms with E-state index in [0.717, 1.165) is 5.56 Å². The van der Waals surface area contributed by atoms with Crippen molar-refractivity contribution in [3.8, 4) is 0 Å². The predicted octanol–water partition coefficient (Wildman–Crippen LogP) is 1.82. The lowest BCUT2D eigenvalue weighted by atomic mass is 10.1. The second-order valence-corrected chi connectivity index (χ2v) is 3.85. The van der Waals surface area contributed by atoms with Crippen molar-refractivity contribution in [3.63, 3.8) is 0 Å². The van der Waals surface area contributed by atoms with E-state index in [1.807, 2.05) is 12.1 Å². The smallest absolute Gasteiger partial charge is 0.0423 e. The van der Waals surface area contributed by atoms with Crippen molar-refractivity contribution in [1.82, 2.24) is 0 Å². The molecule has 0 amide bonds. The second-order valence-electron chi connectivity index (χ2n) is 2.98. The van der Waals surface area contributed by atoms with Gasteiger partial charge in [-0.2, -0.15) is 0 Å². The first-order chi connectivity index (χ1) is 6.11. The fraction of sp³-hybridized carbons (Fsp3) is 0.333. The molecule has 4 heteroatoms. The maximum Gasteiger partial charge on any atom is 0.0423 e. The lowest BCUT2D eigenvalue weighted by Crippen LogP contribution is -2.31. The van der Waals surface area contributed by atoms with Crippen LogP contribution in [-0.2, 0) is 6.42 Å². The van der Waals surface area contributed by atoms with Gasteiger partial charge in [0.15, 0.2) is 0 Å². The summed E-state index contributed by atoms with van der Waals surface area (Å²) < 4.78 is 0. The molecule has 1 atom stereocenters. The highest BCUT2D eigenvalue weighted by Crippen LogP contribution is 2.19.